The van der Waals surface area contributed by atoms with Crippen LogP contribution in [0.4, 0.5) is 0 Å². The molecule has 1 saturated heterocycles. The minimum atomic E-state index is -3.50. The summed E-state index contributed by atoms with van der Waals surface area (Å²) in [5.41, 5.74) is 0. The van der Waals surface area contributed by atoms with Gasteiger partial charge >= 0.3 is 0 Å². The van der Waals surface area contributed by atoms with Crippen molar-refractivity contribution in [3.63, 3.8) is 0 Å². The Hall–Kier alpha value is -1.64. The quantitative estimate of drug-likeness (QED) is 0.880. The molecule has 0 unspecified atom stereocenters. The molecule has 0 saturated carbocycles. The van der Waals surface area contributed by atoms with Crippen LogP contribution in [0.2, 0.25) is 0 Å². The molecule has 8 heteroatoms. The molecule has 0 bridgehead atoms. The maximum absolute atomic E-state index is 12.6. The second-order valence-corrected chi connectivity index (χ2v) is 8.99. The second kappa shape index (κ2) is 7.08. The number of piperidine rings is 1. The Morgan fingerprint density at radius 2 is 2.25 bits per heavy atom. The van der Waals surface area contributed by atoms with Crippen molar-refractivity contribution in [2.24, 2.45) is 5.92 Å². The molecule has 2 atom stereocenters. The Bertz CT molecular complexity index is 769. The van der Waals surface area contributed by atoms with Gasteiger partial charge in [-0.05, 0) is 43.3 Å². The number of hydrogen-bond donors (Lipinski definition) is 1. The Labute approximate surface area is 145 Å². The van der Waals surface area contributed by atoms with E-state index in [0.717, 1.165) is 0 Å². The monoisotopic (exact) mass is 368 g/mol. The van der Waals surface area contributed by atoms with Crippen LogP contribution in [-0.4, -0.2) is 31.7 Å². The number of rotatable bonds is 5. The SMILES string of the molecule is C[C@H](NC(=O)[C@@H]1CCCN(S(=O)(=O)c2cccs2)C1)c1ccco1. The third kappa shape index (κ3) is 3.55. The summed E-state index contributed by atoms with van der Waals surface area (Å²) in [6.07, 6.45) is 2.93. The molecule has 2 aromatic heterocycles. The number of nitrogens with one attached hydrogen (secondary N) is 1. The third-order valence-electron chi connectivity index (χ3n) is 4.17. The van der Waals surface area contributed by atoms with E-state index in [1.165, 1.54) is 15.6 Å². The van der Waals surface area contributed by atoms with Gasteiger partial charge in [-0.1, -0.05) is 6.07 Å². The van der Waals surface area contributed by atoms with Crippen LogP contribution in [0.5, 0.6) is 0 Å². The topological polar surface area (TPSA) is 79.6 Å². The zero-order valence-electron chi connectivity index (χ0n) is 13.3. The molecular weight excluding hydrogens is 348 g/mol. The van der Waals surface area contributed by atoms with Gasteiger partial charge in [-0.25, -0.2) is 8.42 Å². The van der Waals surface area contributed by atoms with Crippen LogP contribution in [0.3, 0.4) is 0 Å². The number of hydrogen-bond acceptors (Lipinski definition) is 5. The molecule has 0 aromatic carbocycles. The summed E-state index contributed by atoms with van der Waals surface area (Å²) in [4.78, 5) is 12.5. The fourth-order valence-corrected chi connectivity index (χ4v) is 5.52. The van der Waals surface area contributed by atoms with Gasteiger partial charge in [-0.15, -0.1) is 11.3 Å². The maximum atomic E-state index is 12.6. The van der Waals surface area contributed by atoms with Crippen LogP contribution in [0.1, 0.15) is 31.6 Å². The molecule has 1 aliphatic heterocycles. The average molecular weight is 368 g/mol. The Morgan fingerprint density at radius 1 is 1.42 bits per heavy atom. The van der Waals surface area contributed by atoms with Crippen LogP contribution < -0.4 is 5.32 Å². The van der Waals surface area contributed by atoms with Gasteiger partial charge in [0.2, 0.25) is 5.91 Å². The molecule has 1 N–H and O–H groups in total. The van der Waals surface area contributed by atoms with Gasteiger partial charge in [-0.2, -0.15) is 4.31 Å². The van der Waals surface area contributed by atoms with Gasteiger partial charge in [0, 0.05) is 13.1 Å². The fraction of sp³-hybridized carbons (Fsp3) is 0.438. The molecule has 1 fully saturated rings. The molecule has 1 aliphatic rings. The first kappa shape index (κ1) is 17.2. The summed E-state index contributed by atoms with van der Waals surface area (Å²) in [5.74, 6) is 0.207. The highest BCUT2D eigenvalue weighted by atomic mass is 32.2. The molecule has 3 rings (SSSR count). The van der Waals surface area contributed by atoms with Crippen molar-refractivity contribution < 1.29 is 17.6 Å². The number of thiophene rings is 1. The summed E-state index contributed by atoms with van der Waals surface area (Å²) < 4.78 is 32.3. The normalized spacial score (nSPS) is 20.6. The van der Waals surface area contributed by atoms with Crippen molar-refractivity contribution in [1.29, 1.82) is 0 Å². The van der Waals surface area contributed by atoms with Crippen molar-refractivity contribution in [1.82, 2.24) is 9.62 Å². The van der Waals surface area contributed by atoms with Crippen LogP contribution >= 0.6 is 11.3 Å². The zero-order valence-corrected chi connectivity index (χ0v) is 15.0. The van der Waals surface area contributed by atoms with Gasteiger partial charge in [0.05, 0.1) is 18.2 Å². The first-order valence-corrected chi connectivity index (χ1v) is 10.2. The molecule has 130 valence electrons. The fourth-order valence-electron chi connectivity index (χ4n) is 2.85. The van der Waals surface area contributed by atoms with E-state index in [0.29, 0.717) is 29.4 Å². The van der Waals surface area contributed by atoms with Crippen molar-refractivity contribution in [3.8, 4) is 0 Å². The van der Waals surface area contributed by atoms with Gasteiger partial charge < -0.3 is 9.73 Å². The molecule has 1 amide bonds. The van der Waals surface area contributed by atoms with Crippen molar-refractivity contribution in [2.45, 2.75) is 30.0 Å². The summed E-state index contributed by atoms with van der Waals surface area (Å²) >= 11 is 1.20. The first-order valence-electron chi connectivity index (χ1n) is 7.86. The Morgan fingerprint density at radius 3 is 2.92 bits per heavy atom. The van der Waals surface area contributed by atoms with Gasteiger partial charge in [0.1, 0.15) is 9.97 Å². The molecule has 3 heterocycles. The minimum absolute atomic E-state index is 0.134. The van der Waals surface area contributed by atoms with Crippen molar-refractivity contribution in [2.75, 3.05) is 13.1 Å². The second-order valence-electron chi connectivity index (χ2n) is 5.88. The van der Waals surface area contributed by atoms with E-state index in [2.05, 4.69) is 5.32 Å². The molecule has 0 spiro atoms. The lowest BCUT2D eigenvalue weighted by Gasteiger charge is -2.31. The Balaban J connectivity index is 1.66. The lowest BCUT2D eigenvalue weighted by Crippen LogP contribution is -2.45. The maximum Gasteiger partial charge on any atom is 0.252 e. The predicted octanol–water partition coefficient (Wildman–Crippen LogP) is 2.62. The number of carbonyl (C=O) groups excluding carboxylic acids is 1. The number of nitrogens with zero attached hydrogens (tertiary/aromatic N) is 1. The highest BCUT2D eigenvalue weighted by Gasteiger charge is 2.34. The number of amides is 1. The highest BCUT2D eigenvalue weighted by molar-refractivity contribution is 7.91. The summed E-state index contributed by atoms with van der Waals surface area (Å²) in [5, 5.41) is 4.65. The van der Waals surface area contributed by atoms with E-state index in [9.17, 15) is 13.2 Å². The van der Waals surface area contributed by atoms with Gasteiger partial charge in [0.15, 0.2) is 0 Å². The average Bonchev–Trinajstić information content (AvgIpc) is 3.28. The molecule has 2 aromatic rings. The van der Waals surface area contributed by atoms with Crippen molar-refractivity contribution >= 4 is 27.3 Å². The van der Waals surface area contributed by atoms with Crippen LogP contribution in [-0.2, 0) is 14.8 Å². The zero-order chi connectivity index (χ0) is 17.2. The standard InChI is InChI=1S/C16H20N2O4S2/c1-12(14-6-3-9-22-14)17-16(19)13-5-2-8-18(11-13)24(20,21)15-7-4-10-23-15/h3-4,6-7,9-10,12-13H,2,5,8,11H2,1H3,(H,17,19)/t12-,13+/m0/s1. The van der Waals surface area contributed by atoms with E-state index >= 15 is 0 Å². The van der Waals surface area contributed by atoms with E-state index in [1.54, 1.807) is 35.9 Å². The van der Waals surface area contributed by atoms with Crippen LogP contribution in [0.25, 0.3) is 0 Å². The van der Waals surface area contributed by atoms with Gasteiger partial charge in [0.25, 0.3) is 10.0 Å². The molecule has 0 radical (unpaired) electrons. The largest absolute Gasteiger partial charge is 0.467 e. The van der Waals surface area contributed by atoms with Crippen LogP contribution in [0.15, 0.2) is 44.5 Å². The van der Waals surface area contributed by atoms with Crippen molar-refractivity contribution in [3.05, 3.63) is 41.7 Å². The van der Waals surface area contributed by atoms with Gasteiger partial charge in [-0.3, -0.25) is 4.79 Å². The first-order chi connectivity index (χ1) is 11.5. The van der Waals surface area contributed by atoms with E-state index in [-0.39, 0.29) is 24.4 Å². The smallest absolute Gasteiger partial charge is 0.252 e. The number of furan rings is 1. The molecular formula is C16H20N2O4S2. The van der Waals surface area contributed by atoms with E-state index in [1.807, 2.05) is 6.92 Å². The minimum Gasteiger partial charge on any atom is -0.467 e. The Kier molecular flexibility index (Phi) is 5.07. The predicted molar refractivity (Wildman–Crippen MR) is 91.1 cm³/mol. The lowest BCUT2D eigenvalue weighted by molar-refractivity contribution is -0.126. The van der Waals surface area contributed by atoms with Crippen LogP contribution in [0, 0.1) is 5.92 Å². The summed E-state index contributed by atoms with van der Waals surface area (Å²) in [6, 6.07) is 6.66. The summed E-state index contributed by atoms with van der Waals surface area (Å²) in [7, 11) is -3.50. The van der Waals surface area contributed by atoms with E-state index in [4.69, 9.17) is 4.42 Å². The molecule has 6 nitrogen and oxygen atoms in total. The van der Waals surface area contributed by atoms with E-state index < -0.39 is 10.0 Å². The lowest BCUT2D eigenvalue weighted by atomic mass is 9.98. The number of sulfonamides is 1. The highest BCUT2D eigenvalue weighted by Crippen LogP contribution is 2.27. The summed E-state index contributed by atoms with van der Waals surface area (Å²) in [6.45, 7) is 2.52. The number of carbonyl (C=O) groups is 1. The molecule has 0 aliphatic carbocycles. The third-order valence-corrected chi connectivity index (χ3v) is 7.41. The molecule has 24 heavy (non-hydrogen) atoms.